The summed E-state index contributed by atoms with van der Waals surface area (Å²) in [6.07, 6.45) is 2.00. The second kappa shape index (κ2) is 7.36. The zero-order chi connectivity index (χ0) is 19.2. The summed E-state index contributed by atoms with van der Waals surface area (Å²) in [6, 6.07) is 0. The highest BCUT2D eigenvalue weighted by atomic mass is 16.5. The zero-order valence-electron chi connectivity index (χ0n) is 16.4. The third kappa shape index (κ3) is 2.98. The molecule has 0 aromatic carbocycles. The van der Waals surface area contributed by atoms with Crippen LogP contribution in [0.2, 0.25) is 0 Å². The smallest absolute Gasteiger partial charge is 0.102 e. The minimum absolute atomic E-state index is 0.0362. The van der Waals surface area contributed by atoms with E-state index in [9.17, 15) is 20.4 Å². The molecule has 0 bridgehead atoms. The van der Waals surface area contributed by atoms with Crippen LogP contribution in [-0.2, 0) is 4.74 Å². The van der Waals surface area contributed by atoms with E-state index in [0.29, 0.717) is 24.5 Å². The minimum Gasteiger partial charge on any atom is -0.396 e. The Morgan fingerprint density at radius 2 is 1.96 bits per heavy atom. The molecule has 3 aliphatic carbocycles. The van der Waals surface area contributed by atoms with Crippen molar-refractivity contribution >= 4 is 0 Å². The molecular formula is C21H34O5. The molecule has 5 heteroatoms. The Labute approximate surface area is 156 Å². The molecule has 0 heterocycles. The fraction of sp³-hybridized carbons (Fsp3) is 0.810. The van der Waals surface area contributed by atoms with Gasteiger partial charge in [-0.15, -0.1) is 0 Å². The number of aliphatic hydroxyl groups excluding tert-OH is 4. The Balaban J connectivity index is 2.17. The first-order chi connectivity index (χ1) is 12.3. The average Bonchev–Trinajstić information content (AvgIpc) is 3.11. The summed E-state index contributed by atoms with van der Waals surface area (Å²) in [4.78, 5) is 0. The molecule has 8 atom stereocenters. The maximum Gasteiger partial charge on any atom is 0.102 e. The van der Waals surface area contributed by atoms with Crippen LogP contribution in [0.25, 0.3) is 0 Å². The van der Waals surface area contributed by atoms with Crippen molar-refractivity contribution in [3.05, 3.63) is 22.8 Å². The first kappa shape index (κ1) is 20.0. The van der Waals surface area contributed by atoms with Gasteiger partial charge in [0.25, 0.3) is 0 Å². The Morgan fingerprint density at radius 3 is 2.58 bits per heavy atom. The molecule has 0 amide bonds. The van der Waals surface area contributed by atoms with Gasteiger partial charge in [0.1, 0.15) is 6.10 Å². The second-order valence-corrected chi connectivity index (χ2v) is 8.80. The van der Waals surface area contributed by atoms with E-state index in [4.69, 9.17) is 4.74 Å². The van der Waals surface area contributed by atoms with Gasteiger partial charge < -0.3 is 25.2 Å². The lowest BCUT2D eigenvalue weighted by molar-refractivity contribution is -0.0218. The molecule has 4 N–H and O–H groups in total. The number of hydrogen-bond acceptors (Lipinski definition) is 5. The molecule has 0 unspecified atom stereocenters. The highest BCUT2D eigenvalue weighted by Crippen LogP contribution is 2.54. The van der Waals surface area contributed by atoms with Gasteiger partial charge in [-0.25, -0.2) is 0 Å². The number of hydrogen-bond donors (Lipinski definition) is 4. The van der Waals surface area contributed by atoms with Crippen LogP contribution < -0.4 is 0 Å². The number of aliphatic hydroxyl groups is 4. The summed E-state index contributed by atoms with van der Waals surface area (Å²) in [5.74, 6) is 0.272. The number of methoxy groups -OCH3 is 1. The second-order valence-electron chi connectivity index (χ2n) is 8.80. The zero-order valence-corrected chi connectivity index (χ0v) is 16.4. The molecule has 0 radical (unpaired) electrons. The van der Waals surface area contributed by atoms with Crippen molar-refractivity contribution in [3.63, 3.8) is 0 Å². The normalized spacial score (nSPS) is 46.2. The van der Waals surface area contributed by atoms with Gasteiger partial charge in [0.2, 0.25) is 0 Å². The van der Waals surface area contributed by atoms with Gasteiger partial charge in [0.05, 0.1) is 18.8 Å². The Hall–Kier alpha value is -0.720. The monoisotopic (exact) mass is 366 g/mol. The molecule has 26 heavy (non-hydrogen) atoms. The molecule has 148 valence electrons. The highest BCUT2D eigenvalue weighted by molar-refractivity contribution is 5.43. The van der Waals surface area contributed by atoms with Crippen LogP contribution in [0.15, 0.2) is 22.8 Å². The Morgan fingerprint density at radius 1 is 1.27 bits per heavy atom. The number of rotatable bonds is 4. The van der Waals surface area contributed by atoms with Crippen molar-refractivity contribution in [3.8, 4) is 0 Å². The molecule has 0 aliphatic heterocycles. The topological polar surface area (TPSA) is 90.2 Å². The van der Waals surface area contributed by atoms with Crippen LogP contribution in [0.1, 0.15) is 40.0 Å². The predicted octanol–water partition coefficient (Wildman–Crippen LogP) is 1.65. The van der Waals surface area contributed by atoms with Crippen molar-refractivity contribution in [2.75, 3.05) is 20.3 Å². The van der Waals surface area contributed by atoms with E-state index in [1.807, 2.05) is 20.8 Å². The quantitative estimate of drug-likeness (QED) is 0.568. The molecule has 0 spiro atoms. The summed E-state index contributed by atoms with van der Waals surface area (Å²) < 4.78 is 5.42. The molecule has 3 rings (SSSR count). The summed E-state index contributed by atoms with van der Waals surface area (Å²) in [7, 11) is 1.71. The molecule has 3 aliphatic rings. The lowest BCUT2D eigenvalue weighted by Crippen LogP contribution is -2.44. The van der Waals surface area contributed by atoms with Crippen molar-refractivity contribution in [1.29, 1.82) is 0 Å². The van der Waals surface area contributed by atoms with Crippen molar-refractivity contribution in [2.24, 2.45) is 29.1 Å². The van der Waals surface area contributed by atoms with Crippen LogP contribution in [-0.4, -0.2) is 59.1 Å². The Bertz CT molecular complexity index is 597. The van der Waals surface area contributed by atoms with Gasteiger partial charge in [0.15, 0.2) is 0 Å². The van der Waals surface area contributed by atoms with Crippen LogP contribution in [0.3, 0.4) is 0 Å². The average molecular weight is 366 g/mol. The minimum atomic E-state index is -1.02. The predicted molar refractivity (Wildman–Crippen MR) is 99.4 cm³/mol. The van der Waals surface area contributed by atoms with E-state index >= 15 is 0 Å². The van der Waals surface area contributed by atoms with E-state index in [2.05, 4.69) is 6.08 Å². The first-order valence-corrected chi connectivity index (χ1v) is 9.86. The molecule has 5 nitrogen and oxygen atoms in total. The van der Waals surface area contributed by atoms with Crippen molar-refractivity contribution < 1.29 is 25.2 Å². The third-order valence-corrected chi connectivity index (χ3v) is 7.25. The fourth-order valence-corrected chi connectivity index (χ4v) is 5.55. The van der Waals surface area contributed by atoms with Gasteiger partial charge in [-0.1, -0.05) is 31.1 Å². The van der Waals surface area contributed by atoms with Gasteiger partial charge >= 0.3 is 0 Å². The fourth-order valence-electron chi connectivity index (χ4n) is 5.55. The lowest BCUT2D eigenvalue weighted by atomic mass is 9.68. The van der Waals surface area contributed by atoms with Crippen molar-refractivity contribution in [2.45, 2.75) is 58.3 Å². The van der Waals surface area contributed by atoms with Gasteiger partial charge in [-0.3, -0.25) is 0 Å². The molecule has 0 aromatic rings. The van der Waals surface area contributed by atoms with E-state index < -0.39 is 23.7 Å². The molecule has 1 fully saturated rings. The summed E-state index contributed by atoms with van der Waals surface area (Å²) in [5, 5.41) is 42.6. The van der Waals surface area contributed by atoms with E-state index in [-0.39, 0.29) is 24.4 Å². The van der Waals surface area contributed by atoms with Gasteiger partial charge in [-0.2, -0.15) is 0 Å². The van der Waals surface area contributed by atoms with Crippen LogP contribution in [0.4, 0.5) is 0 Å². The first-order valence-electron chi connectivity index (χ1n) is 9.86. The van der Waals surface area contributed by atoms with Crippen LogP contribution >= 0.6 is 0 Å². The maximum absolute atomic E-state index is 11.1. The highest BCUT2D eigenvalue weighted by Gasteiger charge is 2.52. The largest absolute Gasteiger partial charge is 0.396 e. The molecule has 0 saturated heterocycles. The summed E-state index contributed by atoms with van der Waals surface area (Å²) in [5.41, 5.74) is 2.13. The van der Waals surface area contributed by atoms with Crippen molar-refractivity contribution in [1.82, 2.24) is 0 Å². The molecule has 1 saturated carbocycles. The van der Waals surface area contributed by atoms with E-state index in [0.717, 1.165) is 18.4 Å². The Kier molecular flexibility index (Phi) is 5.67. The van der Waals surface area contributed by atoms with Gasteiger partial charge in [-0.05, 0) is 43.6 Å². The van der Waals surface area contributed by atoms with Crippen LogP contribution in [0.5, 0.6) is 0 Å². The summed E-state index contributed by atoms with van der Waals surface area (Å²) in [6.45, 7) is 6.47. The SMILES string of the molecule is COC[C@H]1CC[C@@H]2/C1=C\[C@]1(C)C(=C([C@H](C)CO)C[C@@H]1O)[C@@H](O)[C@H](O)[C@@H]2C. The molecule has 0 aromatic heterocycles. The van der Waals surface area contributed by atoms with Gasteiger partial charge in [0, 0.05) is 31.0 Å². The van der Waals surface area contributed by atoms with E-state index in [1.165, 1.54) is 5.57 Å². The van der Waals surface area contributed by atoms with E-state index in [1.54, 1.807) is 7.11 Å². The molecular weight excluding hydrogens is 332 g/mol. The summed E-state index contributed by atoms with van der Waals surface area (Å²) >= 11 is 0. The number of ether oxygens (including phenoxy) is 1. The number of fused-ring (bicyclic) bond motifs is 2. The lowest BCUT2D eigenvalue weighted by Gasteiger charge is -2.41. The maximum atomic E-state index is 11.1. The van der Waals surface area contributed by atoms with Crippen LogP contribution in [0, 0.1) is 29.1 Å². The third-order valence-electron chi connectivity index (χ3n) is 7.25. The standard InChI is InChI=1S/C21H34O5/c1-11(9-22)15-7-17(23)21(3)8-16-13(10-26-4)5-6-14(16)12(2)19(24)20(25)18(15)21/h8,11-14,17,19-20,22-25H,5-7,9-10H2,1-4H3/b16-8-/t11-,12-,13-,14+,17+,19-,20-,21+/m1/s1.